The van der Waals surface area contributed by atoms with E-state index in [0.717, 1.165) is 22.5 Å². The first-order chi connectivity index (χ1) is 14.0. The number of para-hydroxylation sites is 1. The number of nitrogens with one attached hydrogen (secondary N) is 2. The van der Waals surface area contributed by atoms with E-state index in [2.05, 4.69) is 10.0 Å². The van der Waals surface area contributed by atoms with E-state index >= 15 is 0 Å². The van der Waals surface area contributed by atoms with Crippen LogP contribution >= 0.6 is 11.3 Å². The van der Waals surface area contributed by atoms with Crippen molar-refractivity contribution in [2.24, 2.45) is 0 Å². The molecule has 0 aliphatic carbocycles. The number of benzene rings is 2. The molecule has 0 bridgehead atoms. The van der Waals surface area contributed by atoms with Gasteiger partial charge in [0, 0.05) is 12.1 Å². The molecule has 2 aromatic carbocycles. The Morgan fingerprint density at radius 2 is 1.76 bits per heavy atom. The number of sulfonamides is 1. The number of carbonyl (C=O) groups excluding carboxylic acids is 1. The number of ether oxygens (including phenoxy) is 1. The van der Waals surface area contributed by atoms with Crippen LogP contribution in [-0.2, 0) is 27.8 Å². The Labute approximate surface area is 174 Å². The van der Waals surface area contributed by atoms with Crippen molar-refractivity contribution < 1.29 is 17.9 Å². The van der Waals surface area contributed by atoms with Crippen LogP contribution in [0.1, 0.15) is 11.1 Å². The van der Waals surface area contributed by atoms with Gasteiger partial charge in [-0.05, 0) is 29.5 Å². The maximum Gasteiger partial charge on any atom is 0.250 e. The molecule has 29 heavy (non-hydrogen) atoms. The summed E-state index contributed by atoms with van der Waals surface area (Å²) in [5.41, 5.74) is 1.67. The Morgan fingerprint density at radius 3 is 2.45 bits per heavy atom. The Morgan fingerprint density at radius 1 is 1.03 bits per heavy atom. The second-order valence-corrected chi connectivity index (χ2v) is 9.21. The molecular formula is C21H22N2O4S2. The van der Waals surface area contributed by atoms with Crippen LogP contribution in [0.25, 0.3) is 0 Å². The van der Waals surface area contributed by atoms with Crippen LogP contribution in [0, 0.1) is 0 Å². The van der Waals surface area contributed by atoms with Crippen LogP contribution in [-0.4, -0.2) is 27.5 Å². The van der Waals surface area contributed by atoms with E-state index in [1.807, 2.05) is 54.6 Å². The van der Waals surface area contributed by atoms with Crippen LogP contribution in [0.3, 0.4) is 0 Å². The molecule has 1 unspecified atom stereocenters. The third kappa shape index (κ3) is 5.66. The molecule has 0 spiro atoms. The standard InChI is InChI=1S/C21H22N2O4S2/c1-27-19-11-6-5-10-17(19)15-22-21(24)18(14-16-8-3-2-4-9-16)23-29(25,26)20-12-7-13-28-20/h2-13,18,23H,14-15H2,1H3,(H,22,24). The average Bonchev–Trinajstić information content (AvgIpc) is 3.28. The van der Waals surface area contributed by atoms with Gasteiger partial charge in [0.15, 0.2) is 0 Å². The minimum absolute atomic E-state index is 0.174. The van der Waals surface area contributed by atoms with Crippen molar-refractivity contribution >= 4 is 27.3 Å². The molecular weight excluding hydrogens is 408 g/mol. The largest absolute Gasteiger partial charge is 0.496 e. The van der Waals surface area contributed by atoms with Crippen LogP contribution in [0.2, 0.25) is 0 Å². The molecule has 8 heteroatoms. The van der Waals surface area contributed by atoms with E-state index in [1.54, 1.807) is 18.6 Å². The molecule has 3 rings (SSSR count). The van der Waals surface area contributed by atoms with Crippen molar-refractivity contribution in [3.05, 3.63) is 83.2 Å². The fraction of sp³-hybridized carbons (Fsp3) is 0.190. The summed E-state index contributed by atoms with van der Waals surface area (Å²) in [5.74, 6) is 0.256. The molecule has 2 N–H and O–H groups in total. The molecule has 1 atom stereocenters. The van der Waals surface area contributed by atoms with Gasteiger partial charge in [0.2, 0.25) is 5.91 Å². The van der Waals surface area contributed by atoms with Crippen LogP contribution in [0.4, 0.5) is 0 Å². The SMILES string of the molecule is COc1ccccc1CNC(=O)C(Cc1ccccc1)NS(=O)(=O)c1cccs1. The predicted octanol–water partition coefficient (Wildman–Crippen LogP) is 2.96. The van der Waals surface area contributed by atoms with E-state index in [-0.39, 0.29) is 17.2 Å². The van der Waals surface area contributed by atoms with Gasteiger partial charge < -0.3 is 10.1 Å². The van der Waals surface area contributed by atoms with E-state index in [4.69, 9.17) is 4.74 Å². The number of hydrogen-bond acceptors (Lipinski definition) is 5. The van der Waals surface area contributed by atoms with E-state index in [1.165, 1.54) is 6.07 Å². The maximum absolute atomic E-state index is 12.9. The highest BCUT2D eigenvalue weighted by Crippen LogP contribution is 2.18. The monoisotopic (exact) mass is 430 g/mol. The molecule has 1 aromatic heterocycles. The third-order valence-corrected chi connectivity index (χ3v) is 7.17. The first-order valence-electron chi connectivity index (χ1n) is 8.99. The number of amides is 1. The molecule has 6 nitrogen and oxygen atoms in total. The molecule has 0 saturated heterocycles. The highest BCUT2D eigenvalue weighted by atomic mass is 32.2. The van der Waals surface area contributed by atoms with Gasteiger partial charge in [-0.3, -0.25) is 4.79 Å². The zero-order valence-corrected chi connectivity index (χ0v) is 17.5. The summed E-state index contributed by atoms with van der Waals surface area (Å²) in [6.07, 6.45) is 0.239. The predicted molar refractivity (Wildman–Crippen MR) is 113 cm³/mol. The maximum atomic E-state index is 12.9. The van der Waals surface area contributed by atoms with Gasteiger partial charge in [0.1, 0.15) is 16.0 Å². The summed E-state index contributed by atoms with van der Waals surface area (Å²) >= 11 is 1.11. The lowest BCUT2D eigenvalue weighted by Crippen LogP contribution is -2.47. The first-order valence-corrected chi connectivity index (χ1v) is 11.4. The molecule has 3 aromatic rings. The summed E-state index contributed by atoms with van der Waals surface area (Å²) in [6.45, 7) is 0.231. The van der Waals surface area contributed by atoms with Gasteiger partial charge in [-0.15, -0.1) is 11.3 Å². The molecule has 152 valence electrons. The highest BCUT2D eigenvalue weighted by molar-refractivity contribution is 7.91. The van der Waals surface area contributed by atoms with Gasteiger partial charge in [0.05, 0.1) is 7.11 Å². The number of thiophene rings is 1. The molecule has 0 radical (unpaired) electrons. The molecule has 0 aliphatic rings. The van der Waals surface area contributed by atoms with E-state index in [0.29, 0.717) is 5.75 Å². The molecule has 1 heterocycles. The van der Waals surface area contributed by atoms with E-state index in [9.17, 15) is 13.2 Å². The molecule has 0 aliphatic heterocycles. The van der Waals surface area contributed by atoms with Gasteiger partial charge >= 0.3 is 0 Å². The van der Waals surface area contributed by atoms with Crippen LogP contribution in [0.15, 0.2) is 76.3 Å². The fourth-order valence-corrected chi connectivity index (χ4v) is 5.06. The average molecular weight is 431 g/mol. The van der Waals surface area contributed by atoms with E-state index < -0.39 is 22.0 Å². The number of carbonyl (C=O) groups is 1. The summed E-state index contributed by atoms with van der Waals surface area (Å²) in [5, 5.41) is 4.50. The Kier molecular flexibility index (Phi) is 7.03. The van der Waals surface area contributed by atoms with Crippen molar-refractivity contribution in [2.75, 3.05) is 7.11 Å². The van der Waals surface area contributed by atoms with Crippen LogP contribution < -0.4 is 14.8 Å². The lowest BCUT2D eigenvalue weighted by atomic mass is 10.1. The molecule has 1 amide bonds. The quantitative estimate of drug-likeness (QED) is 0.547. The van der Waals surface area contributed by atoms with Crippen molar-refractivity contribution in [2.45, 2.75) is 23.2 Å². The third-order valence-electron chi connectivity index (χ3n) is 4.30. The summed E-state index contributed by atoms with van der Waals surface area (Å²) in [7, 11) is -2.23. The number of rotatable bonds is 9. The minimum Gasteiger partial charge on any atom is -0.496 e. The van der Waals surface area contributed by atoms with Crippen molar-refractivity contribution in [3.8, 4) is 5.75 Å². The zero-order valence-electron chi connectivity index (χ0n) is 15.9. The van der Waals surface area contributed by atoms with Crippen LogP contribution in [0.5, 0.6) is 5.75 Å². The Hall–Kier alpha value is -2.68. The normalized spacial score (nSPS) is 12.3. The van der Waals surface area contributed by atoms with Crippen molar-refractivity contribution in [3.63, 3.8) is 0 Å². The number of methoxy groups -OCH3 is 1. The summed E-state index contributed by atoms with van der Waals surface area (Å²) < 4.78 is 33.4. The van der Waals surface area contributed by atoms with Gasteiger partial charge in [0.25, 0.3) is 10.0 Å². The van der Waals surface area contributed by atoms with Gasteiger partial charge in [-0.1, -0.05) is 54.6 Å². The number of hydrogen-bond donors (Lipinski definition) is 2. The fourth-order valence-electron chi connectivity index (χ4n) is 2.85. The Bertz CT molecular complexity index is 1040. The zero-order chi connectivity index (χ0) is 20.7. The van der Waals surface area contributed by atoms with Gasteiger partial charge in [-0.25, -0.2) is 8.42 Å². The molecule has 0 fully saturated rings. The van der Waals surface area contributed by atoms with Crippen molar-refractivity contribution in [1.82, 2.24) is 10.0 Å². The topological polar surface area (TPSA) is 84.5 Å². The Balaban J connectivity index is 1.77. The highest BCUT2D eigenvalue weighted by Gasteiger charge is 2.26. The molecule has 0 saturated carbocycles. The second-order valence-electron chi connectivity index (χ2n) is 6.33. The van der Waals surface area contributed by atoms with Crippen molar-refractivity contribution in [1.29, 1.82) is 0 Å². The second kappa shape index (κ2) is 9.69. The lowest BCUT2D eigenvalue weighted by Gasteiger charge is -2.19. The smallest absolute Gasteiger partial charge is 0.250 e. The first kappa shape index (κ1) is 21.0. The minimum atomic E-state index is -3.79. The van der Waals surface area contributed by atoms with Gasteiger partial charge in [-0.2, -0.15) is 4.72 Å². The lowest BCUT2D eigenvalue weighted by molar-refractivity contribution is -0.122. The summed E-state index contributed by atoms with van der Waals surface area (Å²) in [6, 6.07) is 18.9. The summed E-state index contributed by atoms with van der Waals surface area (Å²) in [4.78, 5) is 12.9.